The second-order valence-corrected chi connectivity index (χ2v) is 16.5. The molecule has 0 aromatic heterocycles. The fourth-order valence-corrected chi connectivity index (χ4v) is 10.4. The van der Waals surface area contributed by atoms with E-state index in [1.807, 2.05) is 0 Å². The third-order valence-electron chi connectivity index (χ3n) is 12.8. The molecule has 0 saturated carbocycles. The van der Waals surface area contributed by atoms with Crippen molar-refractivity contribution in [3.05, 3.63) is 215 Å². The molecule has 3 nitrogen and oxygen atoms in total. The molecule has 0 heterocycles. The molecule has 0 N–H and O–H groups in total. The smallest absolute Gasteiger partial charge is 0.210 e. The van der Waals surface area contributed by atoms with Gasteiger partial charge in [-0.15, -0.1) is 0 Å². The molecule has 7 aromatic rings. The number of nitriles is 2. The van der Waals surface area contributed by atoms with E-state index < -0.39 is 0 Å². The van der Waals surface area contributed by atoms with Crippen LogP contribution in [0, 0.1) is 70.8 Å². The summed E-state index contributed by atoms with van der Waals surface area (Å²) in [4.78, 5) is 4.30. The Kier molecular flexibility index (Phi) is 7.57. The van der Waals surface area contributed by atoms with Crippen molar-refractivity contribution in [2.75, 3.05) is 0 Å². The minimum Gasteiger partial charge on any atom is -0.236 e. The first-order valence-corrected chi connectivity index (χ1v) is 19.7. The number of hydrogen-bond acceptors (Lipinski definition) is 2. The standard InChI is InChI=1S/C54H39N3/c1-28-8-14-34-40(20-28)41-21-29(2)9-15-35(41)48(34)51-46(26-55)47(27-56)54(57-7)53(50-38-18-12-32(5)24-44(38)45-25-33(6)13-19-39(45)50)52(51)49-36-16-10-30(3)22-42(36)43-23-31(4)11-17-37(43)49/h8-25,48-50H,1-6H3. The average Bonchev–Trinajstić information content (AvgIpc) is 3.80. The van der Waals surface area contributed by atoms with Crippen LogP contribution in [0.25, 0.3) is 38.2 Å². The highest BCUT2D eigenvalue weighted by atomic mass is 14.7. The van der Waals surface area contributed by atoms with E-state index in [1.54, 1.807) is 0 Å². The molecule has 0 radical (unpaired) electrons. The number of rotatable bonds is 3. The van der Waals surface area contributed by atoms with Gasteiger partial charge >= 0.3 is 0 Å². The van der Waals surface area contributed by atoms with Gasteiger partial charge in [-0.05, 0) is 125 Å². The third-order valence-corrected chi connectivity index (χ3v) is 12.8. The van der Waals surface area contributed by atoms with Crippen molar-refractivity contribution >= 4 is 5.69 Å². The molecular formula is C54H39N3. The summed E-state index contributed by atoms with van der Waals surface area (Å²) >= 11 is 0. The van der Waals surface area contributed by atoms with Gasteiger partial charge in [0.2, 0.25) is 5.69 Å². The third kappa shape index (κ3) is 4.88. The van der Waals surface area contributed by atoms with E-state index in [0.717, 1.165) is 72.3 Å². The van der Waals surface area contributed by atoms with Crippen LogP contribution in [0.15, 0.2) is 109 Å². The summed E-state index contributed by atoms with van der Waals surface area (Å²) in [6.07, 6.45) is 0. The van der Waals surface area contributed by atoms with Gasteiger partial charge in [0.15, 0.2) is 0 Å². The van der Waals surface area contributed by atoms with Gasteiger partial charge in [-0.3, -0.25) is 0 Å². The van der Waals surface area contributed by atoms with Crippen molar-refractivity contribution in [1.29, 1.82) is 10.5 Å². The van der Waals surface area contributed by atoms with Crippen LogP contribution in [-0.4, -0.2) is 0 Å². The number of nitrogens with zero attached hydrogens (tertiary/aromatic N) is 3. The summed E-state index contributed by atoms with van der Waals surface area (Å²) < 4.78 is 0. The monoisotopic (exact) mass is 729 g/mol. The molecule has 3 aliphatic carbocycles. The maximum atomic E-state index is 11.5. The lowest BCUT2D eigenvalue weighted by molar-refractivity contribution is 0.874. The molecule has 3 heteroatoms. The highest BCUT2D eigenvalue weighted by Gasteiger charge is 2.44. The van der Waals surface area contributed by atoms with E-state index in [-0.39, 0.29) is 29.0 Å². The Morgan fingerprint density at radius 2 is 0.649 bits per heavy atom. The normalized spacial score (nSPS) is 13.5. The molecule has 0 unspecified atom stereocenters. The fraction of sp³-hybridized carbons (Fsp3) is 0.167. The predicted molar refractivity (Wildman–Crippen MR) is 229 cm³/mol. The minimum absolute atomic E-state index is 0.163. The summed E-state index contributed by atoms with van der Waals surface area (Å²) in [7, 11) is 0. The first-order chi connectivity index (χ1) is 27.6. The molecule has 270 valence electrons. The summed E-state index contributed by atoms with van der Waals surface area (Å²) in [6, 6.07) is 45.1. The van der Waals surface area contributed by atoms with Gasteiger partial charge in [-0.1, -0.05) is 143 Å². The molecular weight excluding hydrogens is 691 g/mol. The van der Waals surface area contributed by atoms with Crippen molar-refractivity contribution in [1.82, 2.24) is 0 Å². The second-order valence-electron chi connectivity index (χ2n) is 16.5. The Labute approximate surface area is 335 Å². The number of aryl methyl sites for hydroxylation is 6. The lowest BCUT2D eigenvalue weighted by Gasteiger charge is -2.32. The number of fused-ring (bicyclic) bond motifs is 9. The molecule has 0 aliphatic heterocycles. The second kappa shape index (κ2) is 12.5. The van der Waals surface area contributed by atoms with E-state index in [4.69, 9.17) is 6.57 Å². The van der Waals surface area contributed by atoms with Gasteiger partial charge < -0.3 is 0 Å². The molecule has 57 heavy (non-hydrogen) atoms. The zero-order valence-corrected chi connectivity index (χ0v) is 33.0. The Bertz CT molecular complexity index is 2780. The summed E-state index contributed by atoms with van der Waals surface area (Å²) in [5.41, 5.74) is 24.2. The summed E-state index contributed by atoms with van der Waals surface area (Å²) in [5, 5.41) is 22.7. The van der Waals surface area contributed by atoms with Gasteiger partial charge in [0, 0.05) is 17.8 Å². The molecule has 10 rings (SSSR count). The van der Waals surface area contributed by atoms with Gasteiger partial charge in [0.05, 0.1) is 29.8 Å². The van der Waals surface area contributed by atoms with Crippen LogP contribution >= 0.6 is 0 Å². The number of hydrogen-bond donors (Lipinski definition) is 0. The first kappa shape index (κ1) is 34.5. The fourth-order valence-electron chi connectivity index (χ4n) is 10.4. The molecule has 7 aromatic carbocycles. The van der Waals surface area contributed by atoms with Crippen LogP contribution in [0.4, 0.5) is 5.69 Å². The van der Waals surface area contributed by atoms with Crippen LogP contribution < -0.4 is 0 Å². The summed E-state index contributed by atoms with van der Waals surface area (Å²) in [5.74, 6) is -0.978. The maximum absolute atomic E-state index is 11.5. The molecule has 0 amide bonds. The van der Waals surface area contributed by atoms with E-state index >= 15 is 0 Å². The van der Waals surface area contributed by atoms with Crippen LogP contribution in [0.2, 0.25) is 0 Å². The minimum atomic E-state index is -0.341. The molecule has 0 saturated heterocycles. The van der Waals surface area contributed by atoms with Crippen molar-refractivity contribution in [2.45, 2.75) is 59.3 Å². The van der Waals surface area contributed by atoms with Crippen LogP contribution in [0.5, 0.6) is 0 Å². The Morgan fingerprint density at radius 3 is 0.912 bits per heavy atom. The maximum Gasteiger partial charge on any atom is 0.210 e. The molecule has 0 spiro atoms. The van der Waals surface area contributed by atoms with E-state index in [0.29, 0.717) is 5.56 Å². The quantitative estimate of drug-likeness (QED) is 0.170. The van der Waals surface area contributed by atoms with Gasteiger partial charge in [-0.25, -0.2) is 4.85 Å². The zero-order valence-electron chi connectivity index (χ0n) is 33.0. The molecule has 3 aliphatic rings. The van der Waals surface area contributed by atoms with Gasteiger partial charge in [0.25, 0.3) is 0 Å². The Balaban J connectivity index is 1.44. The average molecular weight is 730 g/mol. The Morgan fingerprint density at radius 1 is 0.386 bits per heavy atom. The molecule has 0 fully saturated rings. The highest BCUT2D eigenvalue weighted by molar-refractivity contribution is 5.91. The predicted octanol–water partition coefficient (Wildman–Crippen LogP) is 13.3. The van der Waals surface area contributed by atoms with Crippen molar-refractivity contribution < 1.29 is 0 Å². The Hall–Kier alpha value is -6.99. The van der Waals surface area contributed by atoms with Gasteiger partial charge in [-0.2, -0.15) is 10.5 Å². The van der Waals surface area contributed by atoms with Crippen LogP contribution in [-0.2, 0) is 0 Å². The topological polar surface area (TPSA) is 51.9 Å². The van der Waals surface area contributed by atoms with E-state index in [2.05, 4.69) is 168 Å². The zero-order chi connectivity index (χ0) is 39.4. The lowest BCUT2D eigenvalue weighted by Crippen LogP contribution is -2.18. The van der Waals surface area contributed by atoms with Crippen molar-refractivity contribution in [3.63, 3.8) is 0 Å². The first-order valence-electron chi connectivity index (χ1n) is 19.7. The number of benzene rings is 7. The van der Waals surface area contributed by atoms with Crippen LogP contribution in [0.1, 0.15) is 112 Å². The van der Waals surface area contributed by atoms with Crippen molar-refractivity contribution in [2.24, 2.45) is 0 Å². The highest BCUT2D eigenvalue weighted by Crippen LogP contribution is 2.61. The van der Waals surface area contributed by atoms with Gasteiger partial charge in [0.1, 0.15) is 0 Å². The largest absolute Gasteiger partial charge is 0.236 e. The molecule has 0 atom stereocenters. The van der Waals surface area contributed by atoms with Crippen molar-refractivity contribution in [3.8, 4) is 45.5 Å². The summed E-state index contributed by atoms with van der Waals surface area (Å²) in [6.45, 7) is 21.7. The van der Waals surface area contributed by atoms with E-state index in [1.165, 1.54) is 44.5 Å². The van der Waals surface area contributed by atoms with E-state index in [9.17, 15) is 10.5 Å². The van der Waals surface area contributed by atoms with Crippen LogP contribution in [0.3, 0.4) is 0 Å². The SMILES string of the molecule is [C-]#[N+]c1c(C#N)c(C#N)c(C2c3ccc(C)cc3-c3cc(C)ccc32)c(C2c3ccc(C)cc3-c3cc(C)ccc32)c1C1c2ccc(C)cc2-c2cc(C)ccc21. The molecule has 0 bridgehead atoms. The lowest BCUT2D eigenvalue weighted by atomic mass is 9.70.